The van der Waals surface area contributed by atoms with E-state index in [0.717, 1.165) is 16.4 Å². The highest BCUT2D eigenvalue weighted by Gasteiger charge is 2.33. The van der Waals surface area contributed by atoms with Crippen LogP contribution in [0.4, 0.5) is 11.4 Å². The second kappa shape index (κ2) is 6.98. The average molecular weight is 369 g/mol. The first-order valence-corrected chi connectivity index (χ1v) is 8.57. The lowest BCUT2D eigenvalue weighted by Gasteiger charge is -2.24. The van der Waals surface area contributed by atoms with Crippen LogP contribution in [0.25, 0.3) is 0 Å². The molecular formula is C15H13ClN2O5S. The molecule has 24 heavy (non-hydrogen) atoms. The van der Waals surface area contributed by atoms with E-state index < -0.39 is 37.3 Å². The third-order valence-corrected chi connectivity index (χ3v) is 5.21. The van der Waals surface area contributed by atoms with Crippen LogP contribution in [-0.2, 0) is 14.8 Å². The number of nitrogens with zero attached hydrogens (tertiary/aromatic N) is 2. The minimum Gasteiger partial charge on any atom is -0.279 e. The van der Waals surface area contributed by atoms with Crippen molar-refractivity contribution in [2.75, 3.05) is 10.8 Å². The fraction of sp³-hybridized carbons (Fsp3) is 0.133. The van der Waals surface area contributed by atoms with Gasteiger partial charge in [0.2, 0.25) is 5.24 Å². The molecule has 9 heteroatoms. The molecule has 0 unspecified atom stereocenters. The molecule has 2 aromatic carbocycles. The Labute approximate surface area is 143 Å². The molecular weight excluding hydrogens is 356 g/mol. The summed E-state index contributed by atoms with van der Waals surface area (Å²) in [6.07, 6.45) is 0. The SMILES string of the molecule is Cc1ccccc1N(CC(=O)Cl)S(=O)(=O)c1ccccc1[N+](=O)[O-]. The van der Waals surface area contributed by atoms with Crippen molar-refractivity contribution in [3.05, 3.63) is 64.2 Å². The Kier molecular flexibility index (Phi) is 5.20. The lowest BCUT2D eigenvalue weighted by molar-refractivity contribution is -0.387. The minimum atomic E-state index is -4.36. The smallest absolute Gasteiger partial charge is 0.279 e. The van der Waals surface area contributed by atoms with Gasteiger partial charge in [-0.3, -0.25) is 19.2 Å². The molecule has 0 radical (unpaired) electrons. The van der Waals surface area contributed by atoms with Gasteiger partial charge in [-0.2, -0.15) is 0 Å². The molecule has 0 amide bonds. The summed E-state index contributed by atoms with van der Waals surface area (Å²) in [6, 6.07) is 11.4. The zero-order chi connectivity index (χ0) is 17.9. The van der Waals surface area contributed by atoms with Gasteiger partial charge in [0.15, 0.2) is 4.90 Å². The maximum atomic E-state index is 13.0. The number of anilines is 1. The predicted molar refractivity (Wildman–Crippen MR) is 89.7 cm³/mol. The number of nitro groups is 1. The van der Waals surface area contributed by atoms with Crippen molar-refractivity contribution >= 4 is 38.2 Å². The number of nitro benzene ring substituents is 1. The molecule has 0 N–H and O–H groups in total. The first-order chi connectivity index (χ1) is 11.2. The van der Waals surface area contributed by atoms with Crippen LogP contribution in [0.3, 0.4) is 0 Å². The highest BCUT2D eigenvalue weighted by atomic mass is 35.5. The third kappa shape index (κ3) is 3.55. The Morgan fingerprint density at radius 2 is 1.75 bits per heavy atom. The second-order valence-electron chi connectivity index (χ2n) is 4.88. The molecule has 0 aliphatic rings. The van der Waals surface area contributed by atoms with Gasteiger partial charge in [0.1, 0.15) is 6.54 Å². The first-order valence-electron chi connectivity index (χ1n) is 6.75. The van der Waals surface area contributed by atoms with Crippen LogP contribution in [0.1, 0.15) is 5.56 Å². The van der Waals surface area contributed by atoms with E-state index in [-0.39, 0.29) is 5.69 Å². The summed E-state index contributed by atoms with van der Waals surface area (Å²) in [5.41, 5.74) is 0.236. The number of carbonyl (C=O) groups is 1. The summed E-state index contributed by atoms with van der Waals surface area (Å²) < 4.78 is 26.7. The van der Waals surface area contributed by atoms with Crippen LogP contribution in [-0.4, -0.2) is 25.1 Å². The number of rotatable bonds is 6. The molecule has 0 atom stereocenters. The second-order valence-corrected chi connectivity index (χ2v) is 7.13. The largest absolute Gasteiger partial charge is 0.289 e. The number of halogens is 1. The van der Waals surface area contributed by atoms with E-state index in [1.54, 1.807) is 25.1 Å². The quantitative estimate of drug-likeness (QED) is 0.443. The molecule has 0 spiro atoms. The predicted octanol–water partition coefficient (Wildman–Crippen LogP) is 2.86. The summed E-state index contributed by atoms with van der Waals surface area (Å²) in [5.74, 6) is 0. The Morgan fingerprint density at radius 3 is 2.33 bits per heavy atom. The van der Waals surface area contributed by atoms with Gasteiger partial charge in [-0.15, -0.1) is 0 Å². The highest BCUT2D eigenvalue weighted by molar-refractivity contribution is 7.93. The summed E-state index contributed by atoms with van der Waals surface area (Å²) in [5, 5.41) is 10.2. The summed E-state index contributed by atoms with van der Waals surface area (Å²) in [4.78, 5) is 21.2. The van der Waals surface area contributed by atoms with Gasteiger partial charge in [0.25, 0.3) is 15.7 Å². The summed E-state index contributed by atoms with van der Waals surface area (Å²) in [7, 11) is -4.36. The van der Waals surface area contributed by atoms with Gasteiger partial charge < -0.3 is 0 Å². The number of para-hydroxylation sites is 2. The number of benzene rings is 2. The van der Waals surface area contributed by atoms with Crippen molar-refractivity contribution in [1.29, 1.82) is 0 Å². The van der Waals surface area contributed by atoms with E-state index in [2.05, 4.69) is 0 Å². The Hall–Kier alpha value is -2.45. The van der Waals surface area contributed by atoms with Crippen LogP contribution in [0.5, 0.6) is 0 Å². The summed E-state index contributed by atoms with van der Waals surface area (Å²) in [6.45, 7) is 1.02. The minimum absolute atomic E-state index is 0.227. The standard InChI is InChI=1S/C15H13ClN2O5S/c1-11-6-2-3-7-12(11)17(10-15(16)19)24(22,23)14-9-5-4-8-13(14)18(20)21/h2-9H,10H2,1H3. The average Bonchev–Trinajstić information content (AvgIpc) is 2.53. The normalized spacial score (nSPS) is 11.1. The fourth-order valence-corrected chi connectivity index (χ4v) is 4.04. The molecule has 0 aliphatic heterocycles. The highest BCUT2D eigenvalue weighted by Crippen LogP contribution is 2.31. The van der Waals surface area contributed by atoms with Crippen LogP contribution in [0.15, 0.2) is 53.4 Å². The van der Waals surface area contributed by atoms with E-state index in [9.17, 15) is 23.3 Å². The van der Waals surface area contributed by atoms with Crippen molar-refractivity contribution in [3.8, 4) is 0 Å². The molecule has 0 heterocycles. The maximum absolute atomic E-state index is 13.0. The molecule has 0 aliphatic carbocycles. The number of hydrogen-bond donors (Lipinski definition) is 0. The molecule has 0 bridgehead atoms. The molecule has 2 rings (SSSR count). The van der Waals surface area contributed by atoms with Gasteiger partial charge in [-0.05, 0) is 36.2 Å². The summed E-state index contributed by atoms with van der Waals surface area (Å²) >= 11 is 5.39. The lowest BCUT2D eigenvalue weighted by Crippen LogP contribution is -2.35. The Bertz CT molecular complexity index is 898. The lowest BCUT2D eigenvalue weighted by atomic mass is 10.2. The Balaban J connectivity index is 2.68. The molecule has 0 saturated heterocycles. The topological polar surface area (TPSA) is 97.6 Å². The molecule has 0 saturated carbocycles. The zero-order valence-corrected chi connectivity index (χ0v) is 14.1. The van der Waals surface area contributed by atoms with Crippen molar-refractivity contribution in [3.63, 3.8) is 0 Å². The third-order valence-electron chi connectivity index (χ3n) is 3.28. The number of sulfonamides is 1. The van der Waals surface area contributed by atoms with Crippen molar-refractivity contribution in [2.45, 2.75) is 11.8 Å². The van der Waals surface area contributed by atoms with Gasteiger partial charge >= 0.3 is 0 Å². The van der Waals surface area contributed by atoms with Gasteiger partial charge in [0.05, 0.1) is 10.6 Å². The zero-order valence-electron chi connectivity index (χ0n) is 12.5. The monoisotopic (exact) mass is 368 g/mol. The molecule has 2 aromatic rings. The Morgan fingerprint density at radius 1 is 1.17 bits per heavy atom. The van der Waals surface area contributed by atoms with Crippen LogP contribution in [0.2, 0.25) is 0 Å². The molecule has 0 fully saturated rings. The van der Waals surface area contributed by atoms with Crippen LogP contribution < -0.4 is 4.31 Å². The van der Waals surface area contributed by atoms with Crippen LogP contribution in [0, 0.1) is 17.0 Å². The maximum Gasteiger partial charge on any atom is 0.289 e. The van der Waals surface area contributed by atoms with Gasteiger partial charge in [-0.25, -0.2) is 8.42 Å². The van der Waals surface area contributed by atoms with E-state index in [1.165, 1.54) is 18.2 Å². The van der Waals surface area contributed by atoms with E-state index in [1.807, 2.05) is 0 Å². The van der Waals surface area contributed by atoms with Crippen molar-refractivity contribution in [2.24, 2.45) is 0 Å². The van der Waals surface area contributed by atoms with Crippen molar-refractivity contribution < 1.29 is 18.1 Å². The molecule has 0 aromatic heterocycles. The molecule has 126 valence electrons. The number of aryl methyl sites for hydroxylation is 1. The first kappa shape index (κ1) is 17.9. The molecule has 7 nitrogen and oxygen atoms in total. The fourth-order valence-electron chi connectivity index (χ4n) is 2.20. The number of carbonyl (C=O) groups excluding carboxylic acids is 1. The van der Waals surface area contributed by atoms with E-state index >= 15 is 0 Å². The number of hydrogen-bond acceptors (Lipinski definition) is 5. The van der Waals surface area contributed by atoms with Gasteiger partial charge in [0, 0.05) is 6.07 Å². The van der Waals surface area contributed by atoms with Crippen LogP contribution >= 0.6 is 11.6 Å². The van der Waals surface area contributed by atoms with Crippen molar-refractivity contribution in [1.82, 2.24) is 0 Å². The van der Waals surface area contributed by atoms with E-state index in [4.69, 9.17) is 11.6 Å². The van der Waals surface area contributed by atoms with Gasteiger partial charge in [-0.1, -0.05) is 30.3 Å². The van der Waals surface area contributed by atoms with E-state index in [0.29, 0.717) is 5.56 Å².